The number of hydrogen-bond donors (Lipinski definition) is 2. The molecule has 3 aromatic rings. The van der Waals surface area contributed by atoms with E-state index >= 15 is 0 Å². The molecule has 7 nitrogen and oxygen atoms in total. The number of hydrogen-bond acceptors (Lipinski definition) is 6. The zero-order chi connectivity index (χ0) is 25.2. The molecule has 182 valence electrons. The molecule has 1 aliphatic rings. The number of pyridine rings is 2. The van der Waals surface area contributed by atoms with Crippen LogP contribution < -0.4 is 10.6 Å². The average Bonchev–Trinajstić information content (AvgIpc) is 2.82. The minimum atomic E-state index is -0.678. The fourth-order valence-corrected chi connectivity index (χ4v) is 3.78. The monoisotopic (exact) mass is 496 g/mol. The predicted molar refractivity (Wildman–Crippen MR) is 134 cm³/mol. The van der Waals surface area contributed by atoms with Gasteiger partial charge in [0, 0.05) is 40.4 Å². The van der Waals surface area contributed by atoms with Crippen LogP contribution in [-0.4, -0.2) is 40.9 Å². The summed E-state index contributed by atoms with van der Waals surface area (Å²) in [6, 6.07) is 7.38. The maximum Gasteiger partial charge on any atom is 0.255 e. The third-order valence-corrected chi connectivity index (χ3v) is 5.74. The fraction of sp³-hybridized carbons (Fsp3) is 0.269. The van der Waals surface area contributed by atoms with Crippen LogP contribution in [0.2, 0.25) is 5.02 Å². The molecule has 1 amide bonds. The molecule has 3 heterocycles. The van der Waals surface area contributed by atoms with Gasteiger partial charge in [0.15, 0.2) is 5.79 Å². The van der Waals surface area contributed by atoms with E-state index in [4.69, 9.17) is 21.1 Å². The molecule has 1 aliphatic heterocycles. The number of anilines is 2. The number of nitrogens with zero attached hydrogens (tertiary/aromatic N) is 2. The van der Waals surface area contributed by atoms with Gasteiger partial charge in [-0.1, -0.05) is 18.2 Å². The van der Waals surface area contributed by atoms with Gasteiger partial charge in [0.2, 0.25) is 0 Å². The van der Waals surface area contributed by atoms with Gasteiger partial charge in [-0.05, 0) is 56.7 Å². The van der Waals surface area contributed by atoms with E-state index in [1.54, 1.807) is 24.5 Å². The number of halogens is 2. The maximum absolute atomic E-state index is 14.5. The van der Waals surface area contributed by atoms with E-state index in [1.165, 1.54) is 24.4 Å². The van der Waals surface area contributed by atoms with E-state index in [1.807, 2.05) is 20.8 Å². The Morgan fingerprint density at radius 3 is 2.60 bits per heavy atom. The number of nitrogens with one attached hydrogen (secondary N) is 2. The molecule has 0 bridgehead atoms. The van der Waals surface area contributed by atoms with E-state index in [2.05, 4.69) is 27.2 Å². The van der Waals surface area contributed by atoms with Crippen molar-refractivity contribution in [2.24, 2.45) is 0 Å². The zero-order valence-corrected chi connectivity index (χ0v) is 20.4. The van der Waals surface area contributed by atoms with Gasteiger partial charge in [-0.2, -0.15) is 0 Å². The van der Waals surface area contributed by atoms with Crippen molar-refractivity contribution in [2.75, 3.05) is 18.5 Å². The highest BCUT2D eigenvalue weighted by Gasteiger charge is 2.29. The topological polar surface area (TPSA) is 85.4 Å². The Bertz CT molecular complexity index is 1270. The van der Waals surface area contributed by atoms with Crippen molar-refractivity contribution in [1.29, 1.82) is 0 Å². The molecular formula is C26H26ClFN4O3. The van der Waals surface area contributed by atoms with Crippen molar-refractivity contribution in [3.05, 3.63) is 77.5 Å². The molecule has 35 heavy (non-hydrogen) atoms. The Labute approximate surface area is 208 Å². The van der Waals surface area contributed by atoms with Gasteiger partial charge < -0.3 is 20.1 Å². The summed E-state index contributed by atoms with van der Waals surface area (Å²) in [5.74, 6) is -1.45. The lowest BCUT2D eigenvalue weighted by Gasteiger charge is -2.35. The Balaban J connectivity index is 1.63. The average molecular weight is 497 g/mol. The molecule has 0 saturated carbocycles. The fourth-order valence-electron chi connectivity index (χ4n) is 3.61. The first-order valence-corrected chi connectivity index (χ1v) is 11.4. The van der Waals surface area contributed by atoms with Gasteiger partial charge in [0.1, 0.15) is 5.82 Å². The summed E-state index contributed by atoms with van der Waals surface area (Å²) < 4.78 is 25.8. The van der Waals surface area contributed by atoms with Crippen LogP contribution in [0.3, 0.4) is 0 Å². The largest absolute Gasteiger partial charge is 0.354 e. The van der Waals surface area contributed by atoms with E-state index in [0.717, 1.165) is 11.1 Å². The van der Waals surface area contributed by atoms with Crippen molar-refractivity contribution < 1.29 is 18.7 Å². The van der Waals surface area contributed by atoms with Crippen LogP contribution in [0.15, 0.2) is 55.5 Å². The van der Waals surface area contributed by atoms with Crippen molar-refractivity contribution in [1.82, 2.24) is 15.3 Å². The molecule has 1 saturated heterocycles. The number of benzene rings is 1. The third kappa shape index (κ3) is 5.85. The van der Waals surface area contributed by atoms with Crippen LogP contribution >= 0.6 is 11.6 Å². The Hall–Kier alpha value is -3.33. The van der Waals surface area contributed by atoms with E-state index in [-0.39, 0.29) is 17.5 Å². The number of ether oxygens (including phenoxy) is 2. The normalized spacial score (nSPS) is 15.5. The molecule has 0 unspecified atom stereocenters. The van der Waals surface area contributed by atoms with Crippen LogP contribution in [0.5, 0.6) is 0 Å². The summed E-state index contributed by atoms with van der Waals surface area (Å²) in [4.78, 5) is 21.6. The van der Waals surface area contributed by atoms with Gasteiger partial charge >= 0.3 is 0 Å². The summed E-state index contributed by atoms with van der Waals surface area (Å²) in [6.07, 6.45) is 4.67. The van der Waals surface area contributed by atoms with Crippen molar-refractivity contribution in [3.63, 3.8) is 0 Å². The molecule has 1 aromatic carbocycles. The number of carbonyl (C=O) groups is 1. The molecule has 2 N–H and O–H groups in total. The van der Waals surface area contributed by atoms with Crippen LogP contribution in [0, 0.1) is 5.82 Å². The Kier molecular flexibility index (Phi) is 7.16. The quantitative estimate of drug-likeness (QED) is 0.462. The highest BCUT2D eigenvalue weighted by atomic mass is 35.5. The van der Waals surface area contributed by atoms with Gasteiger partial charge in [0.05, 0.1) is 36.2 Å². The molecule has 0 radical (unpaired) electrons. The number of amides is 1. The van der Waals surface area contributed by atoms with E-state index in [9.17, 15) is 9.18 Å². The first-order valence-electron chi connectivity index (χ1n) is 11.0. The first-order chi connectivity index (χ1) is 16.6. The van der Waals surface area contributed by atoms with Crippen LogP contribution in [0.4, 0.5) is 15.8 Å². The number of rotatable bonds is 6. The highest BCUT2D eigenvalue weighted by Crippen LogP contribution is 2.32. The molecule has 1 fully saturated rings. The van der Waals surface area contributed by atoms with Gasteiger partial charge in [-0.15, -0.1) is 0 Å². The SMILES string of the molecule is C=C(C)c1cnc(-c2cc(Cl)ccc2F)cc1Nc1ccncc1C(=O)NC1COC(C)(C)OC1. The number of aromatic nitrogens is 2. The van der Waals surface area contributed by atoms with Crippen molar-refractivity contribution >= 4 is 34.5 Å². The van der Waals surface area contributed by atoms with Gasteiger partial charge in [-0.3, -0.25) is 14.8 Å². The lowest BCUT2D eigenvalue weighted by Crippen LogP contribution is -2.50. The van der Waals surface area contributed by atoms with E-state index in [0.29, 0.717) is 40.9 Å². The Morgan fingerprint density at radius 2 is 1.89 bits per heavy atom. The predicted octanol–water partition coefficient (Wildman–Crippen LogP) is 5.59. The molecule has 9 heteroatoms. The summed E-state index contributed by atoms with van der Waals surface area (Å²) in [7, 11) is 0. The standard InChI is InChI=1S/C26H26ClFN4O3/c1-15(2)19-12-30-23(18-9-16(27)5-6-21(18)28)10-24(19)32-22-7-8-29-11-20(22)25(33)31-17-13-34-26(3,4)35-14-17/h5-12,17H,1,13-14H2,2-4H3,(H,31,33)(H,29,30,32). The first kappa shape index (κ1) is 24.8. The molecular weight excluding hydrogens is 471 g/mol. The third-order valence-electron chi connectivity index (χ3n) is 5.50. The summed E-state index contributed by atoms with van der Waals surface area (Å²) in [6.45, 7) is 10.2. The van der Waals surface area contributed by atoms with Crippen LogP contribution in [-0.2, 0) is 9.47 Å². The lowest BCUT2D eigenvalue weighted by molar-refractivity contribution is -0.251. The van der Waals surface area contributed by atoms with Gasteiger partial charge in [-0.25, -0.2) is 4.39 Å². The van der Waals surface area contributed by atoms with Crippen molar-refractivity contribution in [3.8, 4) is 11.3 Å². The molecule has 0 spiro atoms. The van der Waals surface area contributed by atoms with Crippen LogP contribution in [0.1, 0.15) is 36.7 Å². The number of allylic oxidation sites excluding steroid dienone is 1. The van der Waals surface area contributed by atoms with E-state index < -0.39 is 11.6 Å². The lowest BCUT2D eigenvalue weighted by atomic mass is 10.0. The second kappa shape index (κ2) is 10.1. The van der Waals surface area contributed by atoms with Crippen LogP contribution in [0.25, 0.3) is 16.8 Å². The molecule has 0 aliphatic carbocycles. The summed E-state index contributed by atoms with van der Waals surface area (Å²) >= 11 is 6.08. The summed E-state index contributed by atoms with van der Waals surface area (Å²) in [5.41, 5.74) is 3.57. The second-order valence-electron chi connectivity index (χ2n) is 8.76. The Morgan fingerprint density at radius 1 is 1.14 bits per heavy atom. The molecule has 2 aromatic heterocycles. The smallest absolute Gasteiger partial charge is 0.255 e. The van der Waals surface area contributed by atoms with Gasteiger partial charge in [0.25, 0.3) is 5.91 Å². The zero-order valence-electron chi connectivity index (χ0n) is 19.7. The number of carbonyl (C=O) groups excluding carboxylic acids is 1. The highest BCUT2D eigenvalue weighted by molar-refractivity contribution is 6.30. The maximum atomic E-state index is 14.5. The summed E-state index contributed by atoms with van der Waals surface area (Å²) in [5, 5.41) is 6.60. The molecule has 4 rings (SSSR count). The second-order valence-corrected chi connectivity index (χ2v) is 9.19. The minimum Gasteiger partial charge on any atom is -0.354 e. The van der Waals surface area contributed by atoms with Crippen molar-refractivity contribution in [2.45, 2.75) is 32.6 Å². The minimum absolute atomic E-state index is 0.265. The molecule has 0 atom stereocenters.